The van der Waals surface area contributed by atoms with E-state index in [1.165, 1.54) is 0 Å². The summed E-state index contributed by atoms with van der Waals surface area (Å²) in [6.07, 6.45) is 1.92. The Kier molecular flexibility index (Phi) is 7.68. The molecule has 1 saturated carbocycles. The van der Waals surface area contributed by atoms with Crippen molar-refractivity contribution in [3.8, 4) is 5.75 Å². The molecule has 0 unspecified atom stereocenters. The van der Waals surface area contributed by atoms with Crippen LogP contribution >= 0.6 is 0 Å². The van der Waals surface area contributed by atoms with Gasteiger partial charge in [-0.15, -0.1) is 0 Å². The van der Waals surface area contributed by atoms with Crippen LogP contribution in [0, 0.1) is 12.8 Å². The third-order valence-corrected chi connectivity index (χ3v) is 4.83. The monoisotopic (exact) mass is 411 g/mol. The Balaban J connectivity index is 1.54. The van der Waals surface area contributed by atoms with Crippen LogP contribution in [0.1, 0.15) is 25.3 Å². The fourth-order valence-electron chi connectivity index (χ4n) is 2.96. The quantitative estimate of drug-likeness (QED) is 0.490. The zero-order chi connectivity index (χ0) is 21.3. The highest BCUT2D eigenvalue weighted by Crippen LogP contribution is 2.31. The first kappa shape index (κ1) is 21.6. The number of anilines is 3. The van der Waals surface area contributed by atoms with E-state index in [1.807, 2.05) is 50.2 Å². The maximum Gasteiger partial charge on any atom is 0.243 e. The Hall–Kier alpha value is -3.06. The molecule has 0 aromatic heterocycles. The predicted octanol–water partition coefficient (Wildman–Crippen LogP) is 3.81. The highest BCUT2D eigenvalue weighted by Gasteiger charge is 2.29. The van der Waals surface area contributed by atoms with Gasteiger partial charge in [-0.2, -0.15) is 0 Å². The number of rotatable bonds is 11. The Morgan fingerprint density at radius 1 is 0.967 bits per heavy atom. The Labute approximate surface area is 177 Å². The highest BCUT2D eigenvalue weighted by molar-refractivity contribution is 5.97. The Bertz CT molecular complexity index is 881. The summed E-state index contributed by atoms with van der Waals surface area (Å²) in [6.45, 7) is 5.49. The lowest BCUT2D eigenvalue weighted by Gasteiger charge is -2.15. The van der Waals surface area contributed by atoms with Crippen molar-refractivity contribution in [1.82, 2.24) is 0 Å². The number of para-hydroxylation sites is 2. The van der Waals surface area contributed by atoms with Gasteiger partial charge < -0.3 is 25.4 Å². The molecule has 7 nitrogen and oxygen atoms in total. The number of carbonyl (C=O) groups is 2. The summed E-state index contributed by atoms with van der Waals surface area (Å²) < 4.78 is 11.0. The van der Waals surface area contributed by atoms with E-state index in [4.69, 9.17) is 9.47 Å². The normalized spacial score (nSPS) is 12.9. The van der Waals surface area contributed by atoms with Crippen LogP contribution in [0.5, 0.6) is 5.75 Å². The van der Waals surface area contributed by atoms with Crippen LogP contribution in [0.15, 0.2) is 42.5 Å². The van der Waals surface area contributed by atoms with E-state index in [1.54, 1.807) is 6.07 Å². The van der Waals surface area contributed by atoms with Crippen molar-refractivity contribution in [2.75, 3.05) is 42.3 Å². The second-order valence-electron chi connectivity index (χ2n) is 7.18. The summed E-state index contributed by atoms with van der Waals surface area (Å²) in [6, 6.07) is 12.9. The molecule has 2 amide bonds. The minimum Gasteiger partial charge on any atom is -0.489 e. The Morgan fingerprint density at radius 2 is 1.70 bits per heavy atom. The van der Waals surface area contributed by atoms with Gasteiger partial charge in [0.15, 0.2) is 0 Å². The predicted molar refractivity (Wildman–Crippen MR) is 118 cm³/mol. The second kappa shape index (κ2) is 10.6. The third kappa shape index (κ3) is 6.22. The zero-order valence-corrected chi connectivity index (χ0v) is 17.5. The van der Waals surface area contributed by atoms with Gasteiger partial charge in [-0.1, -0.05) is 18.2 Å². The molecule has 1 fully saturated rings. The number of ether oxygens (including phenoxy) is 2. The van der Waals surface area contributed by atoms with Gasteiger partial charge >= 0.3 is 0 Å². The summed E-state index contributed by atoms with van der Waals surface area (Å²) in [5.74, 6) is 0.616. The van der Waals surface area contributed by atoms with Crippen molar-refractivity contribution in [1.29, 1.82) is 0 Å². The average Bonchev–Trinajstić information content (AvgIpc) is 3.58. The number of benzene rings is 2. The van der Waals surface area contributed by atoms with Crippen LogP contribution in [0.2, 0.25) is 0 Å². The maximum atomic E-state index is 12.5. The van der Waals surface area contributed by atoms with Gasteiger partial charge in [-0.3, -0.25) is 9.59 Å². The molecule has 0 bridgehead atoms. The van der Waals surface area contributed by atoms with E-state index in [0.29, 0.717) is 31.3 Å². The molecule has 160 valence electrons. The molecule has 0 saturated heterocycles. The molecule has 0 radical (unpaired) electrons. The largest absolute Gasteiger partial charge is 0.489 e. The molecule has 0 aliphatic heterocycles. The lowest BCUT2D eigenvalue weighted by atomic mass is 10.1. The van der Waals surface area contributed by atoms with Crippen LogP contribution in [0.4, 0.5) is 17.1 Å². The highest BCUT2D eigenvalue weighted by atomic mass is 16.5. The summed E-state index contributed by atoms with van der Waals surface area (Å²) in [5.41, 5.74) is 3.09. The van der Waals surface area contributed by atoms with Gasteiger partial charge in [0.05, 0.1) is 18.8 Å². The van der Waals surface area contributed by atoms with Crippen molar-refractivity contribution in [2.24, 2.45) is 5.92 Å². The fourth-order valence-corrected chi connectivity index (χ4v) is 2.96. The molecule has 0 atom stereocenters. The SMILES string of the molecule is CCOCCOc1ccccc1NC(=O)CNc1cccc(NC(=O)C2CC2)c1C. The minimum atomic E-state index is -0.192. The third-order valence-electron chi connectivity index (χ3n) is 4.83. The lowest BCUT2D eigenvalue weighted by Crippen LogP contribution is -2.23. The first-order valence-electron chi connectivity index (χ1n) is 10.3. The van der Waals surface area contributed by atoms with E-state index in [9.17, 15) is 9.59 Å². The maximum absolute atomic E-state index is 12.5. The van der Waals surface area contributed by atoms with Gasteiger partial charge in [-0.05, 0) is 56.5 Å². The number of hydrogen-bond acceptors (Lipinski definition) is 5. The van der Waals surface area contributed by atoms with E-state index >= 15 is 0 Å². The van der Waals surface area contributed by atoms with Gasteiger partial charge in [0, 0.05) is 23.9 Å². The molecule has 0 spiro atoms. The summed E-state index contributed by atoms with van der Waals surface area (Å²) in [7, 11) is 0. The first-order valence-corrected chi connectivity index (χ1v) is 10.3. The van der Waals surface area contributed by atoms with Gasteiger partial charge in [0.1, 0.15) is 12.4 Å². The van der Waals surface area contributed by atoms with Gasteiger partial charge in [0.2, 0.25) is 11.8 Å². The fraction of sp³-hybridized carbons (Fsp3) is 0.391. The topological polar surface area (TPSA) is 88.7 Å². The molecule has 2 aromatic carbocycles. The van der Waals surface area contributed by atoms with Crippen molar-refractivity contribution < 1.29 is 19.1 Å². The standard InChI is InChI=1S/C23H29N3O4/c1-3-29-13-14-30-21-10-5-4-7-20(21)25-22(27)15-24-18-8-6-9-19(16(18)2)26-23(28)17-11-12-17/h4-10,17,24H,3,11-15H2,1-2H3,(H,25,27)(H,26,28). The molecule has 3 N–H and O–H groups in total. The molecular weight excluding hydrogens is 382 g/mol. The molecule has 7 heteroatoms. The lowest BCUT2D eigenvalue weighted by molar-refractivity contribution is -0.117. The molecule has 0 heterocycles. The van der Waals surface area contributed by atoms with E-state index in [-0.39, 0.29) is 24.3 Å². The molecule has 1 aliphatic rings. The first-order chi connectivity index (χ1) is 14.6. The number of nitrogens with one attached hydrogen (secondary N) is 3. The van der Waals surface area contributed by atoms with Crippen molar-refractivity contribution in [3.05, 3.63) is 48.0 Å². The van der Waals surface area contributed by atoms with Crippen molar-refractivity contribution in [2.45, 2.75) is 26.7 Å². The minimum absolute atomic E-state index is 0.0638. The van der Waals surface area contributed by atoms with E-state index in [0.717, 1.165) is 29.8 Å². The summed E-state index contributed by atoms with van der Waals surface area (Å²) >= 11 is 0. The molecule has 1 aliphatic carbocycles. The van der Waals surface area contributed by atoms with Crippen LogP contribution < -0.4 is 20.7 Å². The smallest absolute Gasteiger partial charge is 0.243 e. The molecule has 2 aromatic rings. The number of carbonyl (C=O) groups excluding carboxylic acids is 2. The van der Waals surface area contributed by atoms with E-state index in [2.05, 4.69) is 16.0 Å². The van der Waals surface area contributed by atoms with Crippen molar-refractivity contribution >= 4 is 28.9 Å². The zero-order valence-electron chi connectivity index (χ0n) is 17.5. The average molecular weight is 412 g/mol. The van der Waals surface area contributed by atoms with Crippen LogP contribution in [0.3, 0.4) is 0 Å². The van der Waals surface area contributed by atoms with Crippen LogP contribution in [0.25, 0.3) is 0 Å². The molecule has 30 heavy (non-hydrogen) atoms. The second-order valence-corrected chi connectivity index (χ2v) is 7.18. The van der Waals surface area contributed by atoms with Crippen molar-refractivity contribution in [3.63, 3.8) is 0 Å². The summed E-state index contributed by atoms with van der Waals surface area (Å²) in [4.78, 5) is 24.5. The Morgan fingerprint density at radius 3 is 2.47 bits per heavy atom. The van der Waals surface area contributed by atoms with Crippen LogP contribution in [-0.4, -0.2) is 38.2 Å². The number of amides is 2. The number of hydrogen-bond donors (Lipinski definition) is 3. The van der Waals surface area contributed by atoms with Gasteiger partial charge in [0.25, 0.3) is 0 Å². The summed E-state index contributed by atoms with van der Waals surface area (Å²) in [5, 5.41) is 8.99. The van der Waals surface area contributed by atoms with E-state index < -0.39 is 0 Å². The molecule has 3 rings (SSSR count). The molecular formula is C23H29N3O4. The van der Waals surface area contributed by atoms with Gasteiger partial charge in [-0.25, -0.2) is 0 Å². The van der Waals surface area contributed by atoms with Crippen LogP contribution in [-0.2, 0) is 14.3 Å².